The zero-order valence-corrected chi connectivity index (χ0v) is 13.9. The molecule has 0 saturated carbocycles. The van der Waals surface area contributed by atoms with Gasteiger partial charge in [0.05, 0.1) is 11.8 Å². The van der Waals surface area contributed by atoms with Gasteiger partial charge in [0.25, 0.3) is 5.91 Å². The van der Waals surface area contributed by atoms with Crippen LogP contribution < -0.4 is 11.5 Å². The molecule has 0 aliphatic heterocycles. The summed E-state index contributed by atoms with van der Waals surface area (Å²) in [7, 11) is 0. The molecule has 0 aliphatic rings. The molecule has 4 N–H and O–H groups in total. The number of nitrogens with zero attached hydrogens (tertiary/aromatic N) is 4. The first kappa shape index (κ1) is 18.3. The number of aromatic nitrogens is 4. The van der Waals surface area contributed by atoms with Crippen LogP contribution in [0.2, 0.25) is 0 Å². The van der Waals surface area contributed by atoms with Gasteiger partial charge < -0.3 is 15.9 Å². The predicted octanol–water partition coefficient (Wildman–Crippen LogP) is 1.03. The Balaban J connectivity index is 0.000000231. The second-order valence-corrected chi connectivity index (χ2v) is 6.19. The summed E-state index contributed by atoms with van der Waals surface area (Å²) in [6, 6.07) is 0.267. The van der Waals surface area contributed by atoms with Crippen LogP contribution in [0, 0.1) is 0 Å². The highest BCUT2D eigenvalue weighted by Gasteiger charge is 2.22. The van der Waals surface area contributed by atoms with E-state index in [9.17, 15) is 9.59 Å². The van der Waals surface area contributed by atoms with Gasteiger partial charge in [-0.05, 0) is 13.8 Å². The van der Waals surface area contributed by atoms with E-state index in [-0.39, 0.29) is 17.3 Å². The van der Waals surface area contributed by atoms with Gasteiger partial charge >= 0.3 is 11.8 Å². The number of hydrogen-bond acceptors (Lipinski definition) is 6. The number of amides is 2. The Morgan fingerprint density at radius 3 is 2.04 bits per heavy atom. The van der Waals surface area contributed by atoms with E-state index >= 15 is 0 Å². The Labute approximate surface area is 134 Å². The molecule has 126 valence electrons. The molecule has 0 bridgehead atoms. The highest BCUT2D eigenvalue weighted by Crippen LogP contribution is 2.19. The third kappa shape index (κ3) is 5.20. The summed E-state index contributed by atoms with van der Waals surface area (Å²) >= 11 is 0. The first-order valence-corrected chi connectivity index (χ1v) is 7.00. The second kappa shape index (κ2) is 7.03. The fraction of sp³-hybridized carbons (Fsp3) is 0.500. The van der Waals surface area contributed by atoms with Gasteiger partial charge in [-0.25, -0.2) is 0 Å². The Bertz CT molecular complexity index is 681. The molecule has 0 spiro atoms. The molecule has 2 aromatic rings. The minimum Gasteiger partial charge on any atom is -0.416 e. The number of rotatable bonds is 3. The smallest absolute Gasteiger partial charge is 0.306 e. The molecule has 9 nitrogen and oxygen atoms in total. The molecule has 2 heterocycles. The molecule has 0 fully saturated rings. The van der Waals surface area contributed by atoms with E-state index in [0.717, 1.165) is 0 Å². The Morgan fingerprint density at radius 2 is 1.78 bits per heavy atom. The van der Waals surface area contributed by atoms with Gasteiger partial charge in [-0.2, -0.15) is 5.10 Å². The van der Waals surface area contributed by atoms with Crippen molar-refractivity contribution in [3.8, 4) is 0 Å². The van der Waals surface area contributed by atoms with Crippen LogP contribution in [-0.4, -0.2) is 31.8 Å². The van der Waals surface area contributed by atoms with Crippen LogP contribution >= 0.6 is 0 Å². The SMILES string of the molecule is CC(C)(C)c1nnc(C(N)=O)o1.CC(C)n1cc(C(N)=O)cn1. The monoisotopic (exact) mass is 322 g/mol. The van der Waals surface area contributed by atoms with Crippen LogP contribution in [0.5, 0.6) is 0 Å². The summed E-state index contributed by atoms with van der Waals surface area (Å²) in [5.41, 5.74) is 10.2. The van der Waals surface area contributed by atoms with E-state index in [1.807, 2.05) is 34.6 Å². The van der Waals surface area contributed by atoms with Crippen LogP contribution in [0.4, 0.5) is 0 Å². The summed E-state index contributed by atoms with van der Waals surface area (Å²) in [5, 5.41) is 11.1. The van der Waals surface area contributed by atoms with E-state index in [2.05, 4.69) is 15.3 Å². The molecule has 0 atom stereocenters. The van der Waals surface area contributed by atoms with Crippen LogP contribution in [-0.2, 0) is 5.41 Å². The normalized spacial score (nSPS) is 11.0. The largest absolute Gasteiger partial charge is 0.416 e. The Morgan fingerprint density at radius 1 is 1.17 bits per heavy atom. The van der Waals surface area contributed by atoms with Crippen LogP contribution in [0.1, 0.15) is 67.6 Å². The molecule has 0 aromatic carbocycles. The van der Waals surface area contributed by atoms with Gasteiger partial charge in [0, 0.05) is 17.7 Å². The highest BCUT2D eigenvalue weighted by atomic mass is 16.4. The summed E-state index contributed by atoms with van der Waals surface area (Å²) < 4.78 is 6.71. The predicted molar refractivity (Wildman–Crippen MR) is 82.6 cm³/mol. The van der Waals surface area contributed by atoms with Gasteiger partial charge in [-0.1, -0.05) is 20.8 Å². The van der Waals surface area contributed by atoms with E-state index < -0.39 is 11.8 Å². The molecule has 2 amide bonds. The Hall–Kier alpha value is -2.71. The lowest BCUT2D eigenvalue weighted by atomic mass is 9.97. The lowest BCUT2D eigenvalue weighted by Gasteiger charge is -2.10. The Kier molecular flexibility index (Phi) is 5.61. The molecule has 9 heteroatoms. The molecule has 2 rings (SSSR count). The van der Waals surface area contributed by atoms with Gasteiger partial charge in [0.15, 0.2) is 0 Å². The van der Waals surface area contributed by atoms with Crippen molar-refractivity contribution in [2.45, 2.75) is 46.1 Å². The minimum atomic E-state index is -0.696. The fourth-order valence-electron chi connectivity index (χ4n) is 1.37. The first-order valence-electron chi connectivity index (χ1n) is 7.00. The fourth-order valence-corrected chi connectivity index (χ4v) is 1.37. The van der Waals surface area contributed by atoms with E-state index in [0.29, 0.717) is 11.5 Å². The standard InChI is InChI=1S/C7H11N3O2.C7H11N3O/c1-7(2,3)6-10-9-5(12-6)4(8)11;1-5(2)10-4-6(3-9-10)7(8)11/h1-3H3,(H2,8,11);3-5H,1-2H3,(H2,8,11). The molecular weight excluding hydrogens is 300 g/mol. The van der Waals surface area contributed by atoms with Crippen molar-refractivity contribution in [2.24, 2.45) is 11.5 Å². The molecule has 2 aromatic heterocycles. The van der Waals surface area contributed by atoms with Crippen molar-refractivity contribution < 1.29 is 14.0 Å². The lowest BCUT2D eigenvalue weighted by molar-refractivity contribution is 0.0962. The van der Waals surface area contributed by atoms with E-state index in [1.54, 1.807) is 10.9 Å². The summed E-state index contributed by atoms with van der Waals surface area (Å²) in [6.45, 7) is 9.69. The zero-order valence-electron chi connectivity index (χ0n) is 13.9. The van der Waals surface area contributed by atoms with Gasteiger partial charge in [-0.15, -0.1) is 10.2 Å². The lowest BCUT2D eigenvalue weighted by Crippen LogP contribution is -2.12. The summed E-state index contributed by atoms with van der Waals surface area (Å²) in [6.07, 6.45) is 3.12. The van der Waals surface area contributed by atoms with Crippen molar-refractivity contribution in [3.63, 3.8) is 0 Å². The maximum absolute atomic E-state index is 10.6. The average Bonchev–Trinajstić information content (AvgIpc) is 3.08. The molecule has 0 unspecified atom stereocenters. The summed E-state index contributed by atoms with van der Waals surface area (Å²) in [5.74, 6) is -0.855. The van der Waals surface area contributed by atoms with Crippen molar-refractivity contribution in [1.29, 1.82) is 0 Å². The van der Waals surface area contributed by atoms with Crippen LogP contribution in [0.3, 0.4) is 0 Å². The summed E-state index contributed by atoms with van der Waals surface area (Å²) in [4.78, 5) is 21.2. The highest BCUT2D eigenvalue weighted by molar-refractivity contribution is 5.92. The number of carbonyl (C=O) groups is 2. The molecular formula is C14H22N6O3. The quantitative estimate of drug-likeness (QED) is 0.863. The third-order valence-electron chi connectivity index (χ3n) is 2.69. The van der Waals surface area contributed by atoms with Crippen LogP contribution in [0.25, 0.3) is 0 Å². The minimum absolute atomic E-state index is 0.139. The van der Waals surface area contributed by atoms with Gasteiger partial charge in [0.1, 0.15) is 0 Å². The maximum atomic E-state index is 10.6. The maximum Gasteiger partial charge on any atom is 0.306 e. The van der Waals surface area contributed by atoms with Crippen LogP contribution in [0.15, 0.2) is 16.8 Å². The van der Waals surface area contributed by atoms with E-state index in [1.165, 1.54) is 6.20 Å². The third-order valence-corrected chi connectivity index (χ3v) is 2.69. The molecule has 0 radical (unpaired) electrons. The first-order chi connectivity index (χ1) is 10.5. The zero-order chi connectivity index (χ0) is 17.8. The van der Waals surface area contributed by atoms with Crippen molar-refractivity contribution in [3.05, 3.63) is 29.7 Å². The number of primary amides is 2. The number of carbonyl (C=O) groups excluding carboxylic acids is 2. The molecule has 23 heavy (non-hydrogen) atoms. The topological polar surface area (TPSA) is 143 Å². The number of nitrogens with two attached hydrogens (primary N) is 2. The molecule has 0 saturated heterocycles. The van der Waals surface area contributed by atoms with Crippen molar-refractivity contribution in [1.82, 2.24) is 20.0 Å². The molecule has 0 aliphatic carbocycles. The van der Waals surface area contributed by atoms with Crippen molar-refractivity contribution in [2.75, 3.05) is 0 Å². The average molecular weight is 322 g/mol. The number of hydrogen-bond donors (Lipinski definition) is 2. The van der Waals surface area contributed by atoms with Gasteiger partial charge in [0.2, 0.25) is 5.89 Å². The van der Waals surface area contributed by atoms with Gasteiger partial charge in [-0.3, -0.25) is 14.3 Å². The van der Waals surface area contributed by atoms with Crippen molar-refractivity contribution >= 4 is 11.8 Å². The second-order valence-electron chi connectivity index (χ2n) is 6.19. The van der Waals surface area contributed by atoms with E-state index in [4.69, 9.17) is 15.9 Å².